The van der Waals surface area contributed by atoms with Crippen molar-refractivity contribution in [1.29, 1.82) is 0 Å². The van der Waals surface area contributed by atoms with E-state index in [1.165, 1.54) is 15.9 Å². The molecule has 0 amide bonds. The van der Waals surface area contributed by atoms with Crippen molar-refractivity contribution < 1.29 is 9.22 Å². The molecule has 3 aromatic rings. The van der Waals surface area contributed by atoms with Crippen molar-refractivity contribution in [3.8, 4) is 0 Å². The van der Waals surface area contributed by atoms with Crippen LogP contribution in [-0.4, -0.2) is 38.2 Å². The Morgan fingerprint density at radius 3 is 1.84 bits per heavy atom. The van der Waals surface area contributed by atoms with Gasteiger partial charge in [-0.1, -0.05) is 112 Å². The van der Waals surface area contributed by atoms with Crippen LogP contribution in [0, 0.1) is 0 Å². The average Bonchev–Trinajstić information content (AvgIpc) is 2.78. The van der Waals surface area contributed by atoms with Crippen molar-refractivity contribution in [2.24, 2.45) is 0 Å². The van der Waals surface area contributed by atoms with Gasteiger partial charge in [0.25, 0.3) is 8.32 Å². The summed E-state index contributed by atoms with van der Waals surface area (Å²) in [5.74, 6) is 0.259. The van der Waals surface area contributed by atoms with Crippen LogP contribution in [0.1, 0.15) is 32.8 Å². The molecule has 0 unspecified atom stereocenters. The molecule has 3 nitrogen and oxygen atoms in total. The van der Waals surface area contributed by atoms with Gasteiger partial charge in [0.2, 0.25) is 0 Å². The molecule has 1 saturated heterocycles. The first-order valence-electron chi connectivity index (χ1n) is 11.5. The van der Waals surface area contributed by atoms with Gasteiger partial charge in [-0.2, -0.15) is 0 Å². The fraction of sp³-hybridized carbons (Fsp3) is 0.321. The molecular formula is C28H33NO2Si. The largest absolute Gasteiger partial charge is 0.403 e. The van der Waals surface area contributed by atoms with Gasteiger partial charge in [0.05, 0.1) is 12.6 Å². The first-order valence-corrected chi connectivity index (χ1v) is 13.4. The van der Waals surface area contributed by atoms with E-state index in [4.69, 9.17) is 4.43 Å². The second kappa shape index (κ2) is 9.53. The molecule has 0 aliphatic carbocycles. The van der Waals surface area contributed by atoms with E-state index in [2.05, 4.69) is 111 Å². The summed E-state index contributed by atoms with van der Waals surface area (Å²) in [6.07, 6.45) is 0.363. The number of likely N-dealkylation sites (tertiary alicyclic amines) is 1. The highest BCUT2D eigenvalue weighted by molar-refractivity contribution is 6.99. The van der Waals surface area contributed by atoms with Crippen LogP contribution in [0.25, 0.3) is 0 Å². The summed E-state index contributed by atoms with van der Waals surface area (Å²) in [4.78, 5) is 15.0. The van der Waals surface area contributed by atoms with Gasteiger partial charge in [0.1, 0.15) is 5.78 Å². The molecule has 166 valence electrons. The summed E-state index contributed by atoms with van der Waals surface area (Å²) in [6, 6.07) is 31.7. The monoisotopic (exact) mass is 443 g/mol. The van der Waals surface area contributed by atoms with E-state index in [0.29, 0.717) is 13.0 Å². The normalized spacial score (nSPS) is 18.0. The third-order valence-corrected chi connectivity index (χ3v) is 11.4. The third kappa shape index (κ3) is 4.78. The van der Waals surface area contributed by atoms with E-state index in [1.54, 1.807) is 0 Å². The van der Waals surface area contributed by atoms with Crippen molar-refractivity contribution >= 4 is 24.5 Å². The van der Waals surface area contributed by atoms with Gasteiger partial charge >= 0.3 is 0 Å². The number of hydrogen-bond donors (Lipinski definition) is 0. The maximum Gasteiger partial charge on any atom is 0.261 e. The Kier molecular flexibility index (Phi) is 6.75. The number of hydrogen-bond acceptors (Lipinski definition) is 3. The van der Waals surface area contributed by atoms with E-state index < -0.39 is 8.32 Å². The number of ketones is 1. The Balaban J connectivity index is 1.70. The standard InChI is InChI=1S/C28H33NO2Si/c1-28(2,3)32(26-15-9-5-10-16-26,27-17-11-6-12-18-27)31-25-19-24(30)21-29(22-25)20-23-13-7-4-8-14-23/h4-18,25H,19-22H2,1-3H3/t25-/m1/s1. The van der Waals surface area contributed by atoms with Crippen molar-refractivity contribution in [2.75, 3.05) is 13.1 Å². The fourth-order valence-electron chi connectivity index (χ4n) is 4.97. The maximum atomic E-state index is 12.8. The van der Waals surface area contributed by atoms with Crippen LogP contribution in [0.15, 0.2) is 91.0 Å². The van der Waals surface area contributed by atoms with Gasteiger partial charge in [-0.25, -0.2) is 0 Å². The molecule has 0 radical (unpaired) electrons. The number of carbonyl (C=O) groups is 1. The Hall–Kier alpha value is -2.53. The Bertz CT molecular complexity index is 976. The molecule has 4 heteroatoms. The van der Waals surface area contributed by atoms with Crippen molar-refractivity contribution in [3.63, 3.8) is 0 Å². The predicted molar refractivity (Wildman–Crippen MR) is 134 cm³/mol. The lowest BCUT2D eigenvalue weighted by Gasteiger charge is -2.46. The van der Waals surface area contributed by atoms with Gasteiger partial charge in [-0.15, -0.1) is 0 Å². The van der Waals surface area contributed by atoms with Gasteiger partial charge in [-0.05, 0) is 21.0 Å². The maximum absolute atomic E-state index is 12.8. The van der Waals surface area contributed by atoms with Gasteiger partial charge in [0.15, 0.2) is 0 Å². The molecule has 1 atom stereocenters. The Labute approximate surface area is 193 Å². The number of benzene rings is 3. The number of Topliss-reactive ketones (excluding diaryl/α,β-unsaturated/α-hetero) is 1. The first kappa shape index (κ1) is 22.7. The minimum absolute atomic E-state index is 0.0968. The van der Waals surface area contributed by atoms with E-state index >= 15 is 0 Å². The lowest BCUT2D eigenvalue weighted by molar-refractivity contribution is -0.125. The second-order valence-corrected chi connectivity index (χ2v) is 14.1. The van der Waals surface area contributed by atoms with E-state index in [1.807, 2.05) is 6.07 Å². The molecule has 4 rings (SSSR count). The molecule has 0 N–H and O–H groups in total. The highest BCUT2D eigenvalue weighted by atomic mass is 28.4. The SMILES string of the molecule is CC(C)(C)[Si](O[C@@H]1CC(=O)CN(Cc2ccccc2)C1)(c1ccccc1)c1ccccc1. The smallest absolute Gasteiger partial charge is 0.261 e. The molecule has 1 fully saturated rings. The molecule has 0 spiro atoms. The molecule has 3 aromatic carbocycles. The molecule has 0 bridgehead atoms. The van der Waals surface area contributed by atoms with Crippen molar-refractivity contribution in [1.82, 2.24) is 4.90 Å². The number of piperidine rings is 1. The van der Waals surface area contributed by atoms with E-state index in [-0.39, 0.29) is 16.9 Å². The quantitative estimate of drug-likeness (QED) is 0.529. The van der Waals surface area contributed by atoms with Crippen LogP contribution >= 0.6 is 0 Å². The first-order chi connectivity index (χ1) is 15.4. The summed E-state index contributed by atoms with van der Waals surface area (Å²) < 4.78 is 7.23. The van der Waals surface area contributed by atoms with Crippen LogP contribution in [0.4, 0.5) is 0 Å². The summed E-state index contributed by atoms with van der Waals surface area (Å²) in [7, 11) is -2.67. The minimum Gasteiger partial charge on any atom is -0.403 e. The second-order valence-electron chi connectivity index (χ2n) is 9.80. The highest BCUT2D eigenvalue weighted by Gasteiger charge is 2.52. The van der Waals surface area contributed by atoms with Crippen molar-refractivity contribution in [3.05, 3.63) is 96.6 Å². The molecule has 1 aliphatic heterocycles. The molecule has 32 heavy (non-hydrogen) atoms. The Morgan fingerprint density at radius 1 is 0.844 bits per heavy atom. The molecule has 0 aromatic heterocycles. The summed E-state index contributed by atoms with van der Waals surface area (Å²) in [5.41, 5.74) is 1.23. The van der Waals surface area contributed by atoms with Crippen LogP contribution in [0.3, 0.4) is 0 Å². The average molecular weight is 444 g/mol. The zero-order valence-electron chi connectivity index (χ0n) is 19.3. The lowest BCUT2D eigenvalue weighted by atomic mass is 10.1. The van der Waals surface area contributed by atoms with E-state index in [0.717, 1.165) is 13.1 Å². The Morgan fingerprint density at radius 2 is 1.34 bits per heavy atom. The third-order valence-electron chi connectivity index (χ3n) is 6.33. The van der Waals surface area contributed by atoms with Gasteiger partial charge in [-0.3, -0.25) is 9.69 Å². The molecule has 0 saturated carbocycles. The van der Waals surface area contributed by atoms with Gasteiger partial charge < -0.3 is 4.43 Å². The lowest BCUT2D eigenvalue weighted by Crippen LogP contribution is -2.68. The van der Waals surface area contributed by atoms with E-state index in [9.17, 15) is 4.79 Å². The number of carbonyl (C=O) groups excluding carboxylic acids is 1. The van der Waals surface area contributed by atoms with Crippen LogP contribution in [-0.2, 0) is 15.8 Å². The molecule has 1 heterocycles. The van der Waals surface area contributed by atoms with Gasteiger partial charge in [0, 0.05) is 19.5 Å². The predicted octanol–water partition coefficient (Wildman–Crippen LogP) is 4.41. The zero-order chi connectivity index (χ0) is 22.6. The molecular weight excluding hydrogens is 410 g/mol. The number of nitrogens with zero attached hydrogens (tertiary/aromatic N) is 1. The summed E-state index contributed by atoms with van der Waals surface area (Å²) in [6.45, 7) is 8.89. The zero-order valence-corrected chi connectivity index (χ0v) is 20.3. The molecule has 1 aliphatic rings. The number of rotatable bonds is 6. The van der Waals surface area contributed by atoms with Crippen LogP contribution in [0.5, 0.6) is 0 Å². The summed E-state index contributed by atoms with van der Waals surface area (Å²) >= 11 is 0. The topological polar surface area (TPSA) is 29.5 Å². The summed E-state index contributed by atoms with van der Waals surface area (Å²) in [5, 5.41) is 2.41. The highest BCUT2D eigenvalue weighted by Crippen LogP contribution is 2.38. The fourth-order valence-corrected chi connectivity index (χ4v) is 9.64. The van der Waals surface area contributed by atoms with Crippen LogP contribution in [0.2, 0.25) is 5.04 Å². The minimum atomic E-state index is -2.67. The van der Waals surface area contributed by atoms with Crippen LogP contribution < -0.4 is 10.4 Å². The van der Waals surface area contributed by atoms with Crippen molar-refractivity contribution in [2.45, 2.75) is 44.9 Å².